The van der Waals surface area contributed by atoms with E-state index in [0.29, 0.717) is 18.2 Å². The van der Waals surface area contributed by atoms with Gasteiger partial charge in [-0.3, -0.25) is 0 Å². The van der Waals surface area contributed by atoms with Gasteiger partial charge in [0.25, 0.3) is 0 Å². The number of rotatable bonds is 5. The minimum atomic E-state index is -1.26. The molecular weight excluding hydrogens is 430 g/mol. The summed E-state index contributed by atoms with van der Waals surface area (Å²) in [6.07, 6.45) is 8.54. The van der Waals surface area contributed by atoms with Gasteiger partial charge >= 0.3 is 11.9 Å². The fourth-order valence-corrected chi connectivity index (χ4v) is 5.13. The Morgan fingerprint density at radius 1 is 0.882 bits per heavy atom. The molecule has 5 rings (SSSR count). The molecule has 2 fully saturated rings. The number of hydrogen-bond acceptors (Lipinski definition) is 4. The van der Waals surface area contributed by atoms with E-state index < -0.39 is 11.9 Å². The van der Waals surface area contributed by atoms with Crippen LogP contribution in [0.15, 0.2) is 66.9 Å². The Labute approximate surface area is 199 Å². The van der Waals surface area contributed by atoms with Crippen LogP contribution in [0.3, 0.4) is 0 Å². The number of carboxylic acid groups (broad SMARTS) is 2. The molecule has 2 atom stereocenters. The third kappa shape index (κ3) is 5.48. The van der Waals surface area contributed by atoms with Gasteiger partial charge in [-0.2, -0.15) is 0 Å². The van der Waals surface area contributed by atoms with Crippen molar-refractivity contribution in [1.82, 2.24) is 9.47 Å². The highest BCUT2D eigenvalue weighted by Gasteiger charge is 2.38. The first kappa shape index (κ1) is 23.6. The lowest BCUT2D eigenvalue weighted by Gasteiger charge is -2.37. The van der Waals surface area contributed by atoms with Crippen LogP contribution >= 0.6 is 0 Å². The van der Waals surface area contributed by atoms with Crippen LogP contribution in [0.4, 0.5) is 5.69 Å². The average molecular weight is 462 g/mol. The fraction of sp³-hybridized carbons (Fsp3) is 0.333. The lowest BCUT2D eigenvalue weighted by atomic mass is 9.97. The van der Waals surface area contributed by atoms with E-state index in [0.717, 1.165) is 12.1 Å². The number of piperidine rings is 1. The molecule has 7 heteroatoms. The topological polar surface area (TPSA) is 94.8 Å². The summed E-state index contributed by atoms with van der Waals surface area (Å²) in [5.41, 5.74) is 5.10. The first-order chi connectivity index (χ1) is 16.3. The van der Waals surface area contributed by atoms with Crippen molar-refractivity contribution in [3.63, 3.8) is 0 Å². The number of benzene rings is 2. The minimum absolute atomic E-state index is 0.558. The Hall–Kier alpha value is -3.58. The number of nitrogens with zero attached hydrogens (tertiary/aromatic N) is 2. The SMILES string of the molecule is CN1C2CCC1CC(Nc1ccc(-c3ccc4c(ccn4C)c3)cc1)C2.O=C(O)/C=C/C(=O)O. The molecule has 1 aromatic heterocycles. The molecule has 2 aliphatic rings. The summed E-state index contributed by atoms with van der Waals surface area (Å²) in [7, 11) is 4.40. The van der Waals surface area contributed by atoms with Crippen molar-refractivity contribution in [2.75, 3.05) is 12.4 Å². The van der Waals surface area contributed by atoms with Gasteiger partial charge in [0.1, 0.15) is 0 Å². The van der Waals surface area contributed by atoms with Gasteiger partial charge in [-0.25, -0.2) is 9.59 Å². The van der Waals surface area contributed by atoms with Gasteiger partial charge in [-0.15, -0.1) is 0 Å². The van der Waals surface area contributed by atoms with Crippen LogP contribution in [-0.2, 0) is 16.6 Å². The van der Waals surface area contributed by atoms with Crippen LogP contribution in [0.5, 0.6) is 0 Å². The first-order valence-corrected chi connectivity index (χ1v) is 11.6. The molecule has 3 N–H and O–H groups in total. The molecule has 0 aliphatic carbocycles. The molecule has 2 bridgehead atoms. The lowest BCUT2D eigenvalue weighted by molar-refractivity contribution is -0.134. The summed E-state index contributed by atoms with van der Waals surface area (Å²) >= 11 is 0. The molecule has 2 saturated heterocycles. The van der Waals surface area contributed by atoms with E-state index in [2.05, 4.69) is 83.6 Å². The monoisotopic (exact) mass is 461 g/mol. The zero-order valence-corrected chi connectivity index (χ0v) is 19.5. The standard InChI is InChI=1S/C23H27N3.C4H4O4/c1-25-12-11-18-13-17(5-10-23(18)25)16-3-6-19(7-4-16)24-20-14-21-8-9-22(15-20)26(21)2;5-3(6)1-2-4(7)8/h3-7,10-13,20-22,24H,8-9,14-15H2,1-2H3;1-2H,(H,5,6)(H,7,8)/b;2-1+. The molecule has 3 aromatic rings. The Kier molecular flexibility index (Phi) is 7.03. The van der Waals surface area contributed by atoms with Crippen molar-refractivity contribution in [3.05, 3.63) is 66.9 Å². The van der Waals surface area contributed by atoms with E-state index in [9.17, 15) is 9.59 Å². The summed E-state index contributed by atoms with van der Waals surface area (Å²) in [6.45, 7) is 0. The quantitative estimate of drug-likeness (QED) is 0.481. The smallest absolute Gasteiger partial charge is 0.328 e. The highest BCUT2D eigenvalue weighted by Crippen LogP contribution is 2.35. The van der Waals surface area contributed by atoms with Gasteiger partial charge in [0.15, 0.2) is 0 Å². The lowest BCUT2D eigenvalue weighted by Crippen LogP contribution is -2.44. The molecule has 34 heavy (non-hydrogen) atoms. The number of hydrogen-bond donors (Lipinski definition) is 3. The molecule has 2 aliphatic heterocycles. The van der Waals surface area contributed by atoms with E-state index in [4.69, 9.17) is 10.2 Å². The molecular formula is C27H31N3O4. The highest BCUT2D eigenvalue weighted by molar-refractivity contribution is 5.89. The summed E-state index contributed by atoms with van der Waals surface area (Å²) in [4.78, 5) is 21.7. The van der Waals surface area contributed by atoms with Crippen LogP contribution in [0.1, 0.15) is 25.7 Å². The van der Waals surface area contributed by atoms with Crippen molar-refractivity contribution in [3.8, 4) is 11.1 Å². The molecule has 178 valence electrons. The molecule has 0 amide bonds. The third-order valence-electron chi connectivity index (χ3n) is 6.94. The number of aromatic nitrogens is 1. The molecule has 7 nitrogen and oxygen atoms in total. The number of carbonyl (C=O) groups is 2. The van der Waals surface area contributed by atoms with E-state index in [1.807, 2.05) is 0 Å². The maximum Gasteiger partial charge on any atom is 0.328 e. The van der Waals surface area contributed by atoms with Crippen LogP contribution in [0.25, 0.3) is 22.0 Å². The molecule has 2 unspecified atom stereocenters. The van der Waals surface area contributed by atoms with Crippen LogP contribution in [-0.4, -0.2) is 56.8 Å². The Morgan fingerprint density at radius 3 is 2.06 bits per heavy atom. The van der Waals surface area contributed by atoms with Gasteiger partial charge in [0.05, 0.1) is 0 Å². The summed E-state index contributed by atoms with van der Waals surface area (Å²) in [5, 5.41) is 20.7. The highest BCUT2D eigenvalue weighted by atomic mass is 16.4. The molecule has 0 saturated carbocycles. The van der Waals surface area contributed by atoms with Gasteiger partial charge in [0.2, 0.25) is 0 Å². The van der Waals surface area contributed by atoms with E-state index in [1.165, 1.54) is 53.4 Å². The number of carboxylic acids is 2. The van der Waals surface area contributed by atoms with E-state index >= 15 is 0 Å². The van der Waals surface area contributed by atoms with Crippen molar-refractivity contribution < 1.29 is 19.8 Å². The number of anilines is 1. The second kappa shape index (κ2) is 10.1. The van der Waals surface area contributed by atoms with Crippen molar-refractivity contribution in [2.45, 2.75) is 43.8 Å². The zero-order chi connectivity index (χ0) is 24.2. The number of aliphatic carboxylic acids is 2. The summed E-state index contributed by atoms with van der Waals surface area (Å²) < 4.78 is 2.17. The zero-order valence-electron chi connectivity index (χ0n) is 19.5. The minimum Gasteiger partial charge on any atom is -0.478 e. The number of nitrogens with one attached hydrogen (secondary N) is 1. The van der Waals surface area contributed by atoms with Crippen LogP contribution < -0.4 is 5.32 Å². The van der Waals surface area contributed by atoms with Gasteiger partial charge in [-0.05, 0) is 74.2 Å². The van der Waals surface area contributed by atoms with Crippen LogP contribution in [0.2, 0.25) is 0 Å². The van der Waals surface area contributed by atoms with Gasteiger partial charge in [-0.1, -0.05) is 18.2 Å². The van der Waals surface area contributed by atoms with E-state index in [-0.39, 0.29) is 0 Å². The van der Waals surface area contributed by atoms with E-state index in [1.54, 1.807) is 0 Å². The summed E-state index contributed by atoms with van der Waals surface area (Å²) in [5.74, 6) is -2.51. The maximum atomic E-state index is 9.55. The predicted molar refractivity (Wildman–Crippen MR) is 134 cm³/mol. The average Bonchev–Trinajstić information content (AvgIpc) is 3.26. The van der Waals surface area contributed by atoms with Crippen molar-refractivity contribution >= 4 is 28.5 Å². The largest absolute Gasteiger partial charge is 0.478 e. The van der Waals surface area contributed by atoms with Crippen LogP contribution in [0, 0.1) is 0 Å². The van der Waals surface area contributed by atoms with Crippen molar-refractivity contribution in [2.24, 2.45) is 7.05 Å². The second-order valence-corrected chi connectivity index (χ2v) is 9.15. The predicted octanol–water partition coefficient (Wildman–Crippen LogP) is 4.59. The van der Waals surface area contributed by atoms with Gasteiger partial charge in [0, 0.05) is 60.1 Å². The normalized spacial score (nSPS) is 21.9. The second-order valence-electron chi connectivity index (χ2n) is 9.15. The Balaban J connectivity index is 0.000000297. The molecule has 3 heterocycles. The first-order valence-electron chi connectivity index (χ1n) is 11.6. The maximum absolute atomic E-state index is 9.55. The summed E-state index contributed by atoms with van der Waals surface area (Å²) in [6, 6.07) is 20.1. The molecule has 0 spiro atoms. The van der Waals surface area contributed by atoms with Gasteiger partial charge < -0.3 is 25.0 Å². The number of aryl methyl sites for hydroxylation is 1. The Bertz CT molecular complexity index is 1170. The fourth-order valence-electron chi connectivity index (χ4n) is 5.13. The molecule has 0 radical (unpaired) electrons. The Morgan fingerprint density at radius 2 is 1.47 bits per heavy atom. The third-order valence-corrected chi connectivity index (χ3v) is 6.94. The number of fused-ring (bicyclic) bond motifs is 3. The molecule has 2 aromatic carbocycles. The van der Waals surface area contributed by atoms with Crippen molar-refractivity contribution in [1.29, 1.82) is 0 Å².